The summed E-state index contributed by atoms with van der Waals surface area (Å²) in [4.78, 5) is 12.5. The van der Waals surface area contributed by atoms with E-state index in [1.807, 2.05) is 66.7 Å². The maximum Gasteiger partial charge on any atom is 0.259 e. The average molecular weight is 412 g/mol. The van der Waals surface area contributed by atoms with Crippen LogP contribution in [0, 0.1) is 0 Å². The van der Waals surface area contributed by atoms with Gasteiger partial charge in [-0.1, -0.05) is 46.3 Å². The van der Waals surface area contributed by atoms with Crippen LogP contribution in [0.15, 0.2) is 83.3 Å². The van der Waals surface area contributed by atoms with Crippen LogP contribution < -0.4 is 14.8 Å². The van der Waals surface area contributed by atoms with Gasteiger partial charge in [-0.05, 0) is 48.5 Å². The van der Waals surface area contributed by atoms with Crippen molar-refractivity contribution < 1.29 is 14.3 Å². The van der Waals surface area contributed by atoms with Gasteiger partial charge in [0, 0.05) is 10.2 Å². The quantitative estimate of drug-likeness (QED) is 0.546. The van der Waals surface area contributed by atoms with E-state index in [0.717, 1.165) is 15.9 Å². The van der Waals surface area contributed by atoms with Gasteiger partial charge in [0.25, 0.3) is 5.91 Å². The third-order valence-corrected chi connectivity index (χ3v) is 4.12. The van der Waals surface area contributed by atoms with Crippen LogP contribution in [0.3, 0.4) is 0 Å². The molecule has 3 rings (SSSR count). The van der Waals surface area contributed by atoms with E-state index in [4.69, 9.17) is 9.47 Å². The Hall–Kier alpha value is -2.79. The summed E-state index contributed by atoms with van der Waals surface area (Å²) >= 11 is 3.38. The van der Waals surface area contributed by atoms with Crippen LogP contribution in [-0.2, 0) is 0 Å². The fraction of sp³-hybridized carbons (Fsp3) is 0.0952. The number of ether oxygens (including phenoxy) is 2. The number of hydrogen-bond acceptors (Lipinski definition) is 3. The van der Waals surface area contributed by atoms with E-state index < -0.39 is 0 Å². The van der Waals surface area contributed by atoms with Crippen molar-refractivity contribution in [3.63, 3.8) is 0 Å². The lowest BCUT2D eigenvalue weighted by molar-refractivity contribution is 0.102. The first kappa shape index (κ1) is 18.0. The Morgan fingerprint density at radius 2 is 1.46 bits per heavy atom. The summed E-state index contributed by atoms with van der Waals surface area (Å²) in [5, 5.41) is 2.87. The van der Waals surface area contributed by atoms with Gasteiger partial charge >= 0.3 is 0 Å². The van der Waals surface area contributed by atoms with E-state index in [1.165, 1.54) is 0 Å². The van der Waals surface area contributed by atoms with Crippen molar-refractivity contribution in [3.05, 3.63) is 88.9 Å². The SMILES string of the molecule is O=C(Nc1ccccc1)c1ccccc1OCCOc1ccc(Br)cc1. The Morgan fingerprint density at radius 1 is 0.808 bits per heavy atom. The monoisotopic (exact) mass is 411 g/mol. The number of hydrogen-bond donors (Lipinski definition) is 1. The molecule has 0 heterocycles. The minimum absolute atomic E-state index is 0.208. The molecule has 0 aliphatic heterocycles. The Bertz CT molecular complexity index is 851. The average Bonchev–Trinajstić information content (AvgIpc) is 2.68. The zero-order valence-electron chi connectivity index (χ0n) is 14.0. The fourth-order valence-electron chi connectivity index (χ4n) is 2.34. The molecular formula is C21H18BrNO3. The third kappa shape index (κ3) is 5.10. The molecule has 0 aliphatic carbocycles. The lowest BCUT2D eigenvalue weighted by Gasteiger charge is -2.12. The van der Waals surface area contributed by atoms with Crippen molar-refractivity contribution in [2.75, 3.05) is 18.5 Å². The number of benzene rings is 3. The van der Waals surface area contributed by atoms with Crippen LogP contribution in [0.2, 0.25) is 0 Å². The van der Waals surface area contributed by atoms with E-state index in [1.54, 1.807) is 12.1 Å². The molecule has 0 spiro atoms. The molecule has 0 atom stereocenters. The van der Waals surface area contributed by atoms with Gasteiger partial charge < -0.3 is 14.8 Å². The maximum atomic E-state index is 12.5. The summed E-state index contributed by atoms with van der Waals surface area (Å²) in [7, 11) is 0. The smallest absolute Gasteiger partial charge is 0.259 e. The normalized spacial score (nSPS) is 10.2. The molecule has 0 saturated carbocycles. The van der Waals surface area contributed by atoms with Crippen molar-refractivity contribution in [1.82, 2.24) is 0 Å². The second kappa shape index (κ2) is 9.06. The van der Waals surface area contributed by atoms with Crippen LogP contribution >= 0.6 is 15.9 Å². The highest BCUT2D eigenvalue weighted by Crippen LogP contribution is 2.20. The van der Waals surface area contributed by atoms with Crippen molar-refractivity contribution in [2.24, 2.45) is 0 Å². The van der Waals surface area contributed by atoms with Crippen LogP contribution in [0.5, 0.6) is 11.5 Å². The van der Waals surface area contributed by atoms with E-state index in [2.05, 4.69) is 21.2 Å². The highest BCUT2D eigenvalue weighted by Gasteiger charge is 2.12. The Morgan fingerprint density at radius 3 is 2.23 bits per heavy atom. The summed E-state index contributed by atoms with van der Waals surface area (Å²) in [5.41, 5.74) is 1.23. The largest absolute Gasteiger partial charge is 0.490 e. The number of anilines is 1. The molecule has 1 N–H and O–H groups in total. The molecule has 0 fully saturated rings. The first-order chi connectivity index (χ1) is 12.7. The van der Waals surface area contributed by atoms with E-state index >= 15 is 0 Å². The number of carbonyl (C=O) groups is 1. The van der Waals surface area contributed by atoms with Crippen molar-refractivity contribution >= 4 is 27.5 Å². The van der Waals surface area contributed by atoms with Gasteiger partial charge in [-0.3, -0.25) is 4.79 Å². The lowest BCUT2D eigenvalue weighted by atomic mass is 10.2. The Balaban J connectivity index is 1.56. The predicted octanol–water partition coefficient (Wildman–Crippen LogP) is 5.16. The first-order valence-corrected chi connectivity index (χ1v) is 8.98. The van der Waals surface area contributed by atoms with Gasteiger partial charge in [-0.2, -0.15) is 0 Å². The second-order valence-corrected chi connectivity index (χ2v) is 6.38. The van der Waals surface area contributed by atoms with Gasteiger partial charge in [0.05, 0.1) is 5.56 Å². The number of amides is 1. The number of para-hydroxylation sites is 2. The number of rotatable bonds is 7. The topological polar surface area (TPSA) is 47.6 Å². The molecule has 3 aromatic carbocycles. The zero-order valence-corrected chi connectivity index (χ0v) is 15.6. The van der Waals surface area contributed by atoms with Crippen LogP contribution in [0.1, 0.15) is 10.4 Å². The van der Waals surface area contributed by atoms with Crippen molar-refractivity contribution in [2.45, 2.75) is 0 Å². The molecule has 0 bridgehead atoms. The van der Waals surface area contributed by atoms with Gasteiger partial charge in [-0.15, -0.1) is 0 Å². The van der Waals surface area contributed by atoms with Crippen LogP contribution in [0.25, 0.3) is 0 Å². The van der Waals surface area contributed by atoms with Crippen LogP contribution in [0.4, 0.5) is 5.69 Å². The van der Waals surface area contributed by atoms with E-state index in [0.29, 0.717) is 24.5 Å². The maximum absolute atomic E-state index is 12.5. The minimum Gasteiger partial charge on any atom is -0.490 e. The summed E-state index contributed by atoms with van der Waals surface area (Å²) in [6.07, 6.45) is 0. The highest BCUT2D eigenvalue weighted by molar-refractivity contribution is 9.10. The fourth-order valence-corrected chi connectivity index (χ4v) is 2.61. The summed E-state index contributed by atoms with van der Waals surface area (Å²) in [6, 6.07) is 24.1. The second-order valence-electron chi connectivity index (χ2n) is 5.47. The zero-order chi connectivity index (χ0) is 18.2. The van der Waals surface area contributed by atoms with E-state index in [9.17, 15) is 4.79 Å². The highest BCUT2D eigenvalue weighted by atomic mass is 79.9. The molecule has 0 radical (unpaired) electrons. The third-order valence-electron chi connectivity index (χ3n) is 3.59. The molecule has 0 saturated heterocycles. The Labute approximate surface area is 160 Å². The molecule has 1 amide bonds. The molecule has 0 aromatic heterocycles. The Kier molecular flexibility index (Phi) is 6.28. The van der Waals surface area contributed by atoms with Crippen molar-refractivity contribution in [3.8, 4) is 11.5 Å². The number of halogens is 1. The lowest BCUT2D eigenvalue weighted by Crippen LogP contribution is -2.15. The minimum atomic E-state index is -0.208. The number of nitrogens with one attached hydrogen (secondary N) is 1. The predicted molar refractivity (Wildman–Crippen MR) is 106 cm³/mol. The van der Waals surface area contributed by atoms with Gasteiger partial charge in [0.15, 0.2) is 0 Å². The molecule has 132 valence electrons. The number of carbonyl (C=O) groups excluding carboxylic acids is 1. The summed E-state index contributed by atoms with van der Waals surface area (Å²) in [6.45, 7) is 0.724. The summed E-state index contributed by atoms with van der Waals surface area (Å²) < 4.78 is 12.4. The molecule has 26 heavy (non-hydrogen) atoms. The molecule has 0 unspecified atom stereocenters. The van der Waals surface area contributed by atoms with Gasteiger partial charge in [0.1, 0.15) is 24.7 Å². The van der Waals surface area contributed by atoms with Crippen molar-refractivity contribution in [1.29, 1.82) is 0 Å². The van der Waals surface area contributed by atoms with Crippen LogP contribution in [-0.4, -0.2) is 19.1 Å². The molecule has 5 heteroatoms. The first-order valence-electron chi connectivity index (χ1n) is 8.19. The van der Waals surface area contributed by atoms with Gasteiger partial charge in [-0.25, -0.2) is 0 Å². The standard InChI is InChI=1S/C21H18BrNO3/c22-16-10-12-18(13-11-16)25-14-15-26-20-9-5-4-8-19(20)21(24)23-17-6-2-1-3-7-17/h1-13H,14-15H2,(H,23,24). The summed E-state index contributed by atoms with van der Waals surface area (Å²) in [5.74, 6) is 1.09. The van der Waals surface area contributed by atoms with Gasteiger partial charge in [0.2, 0.25) is 0 Å². The molecule has 3 aromatic rings. The van der Waals surface area contributed by atoms with E-state index in [-0.39, 0.29) is 5.91 Å². The molecular weight excluding hydrogens is 394 g/mol. The molecule has 0 aliphatic rings. The molecule has 4 nitrogen and oxygen atoms in total.